The van der Waals surface area contributed by atoms with Crippen LogP contribution in [0.2, 0.25) is 0 Å². The van der Waals surface area contributed by atoms with Crippen LogP contribution in [0.5, 0.6) is 17.4 Å². The first-order valence-electron chi connectivity index (χ1n) is 20.9. The summed E-state index contributed by atoms with van der Waals surface area (Å²) in [5.74, 6) is -2.35. The van der Waals surface area contributed by atoms with E-state index in [9.17, 15) is 27.6 Å². The van der Waals surface area contributed by atoms with Gasteiger partial charge in [0.2, 0.25) is 21.8 Å². The summed E-state index contributed by atoms with van der Waals surface area (Å²) in [4.78, 5) is 61.6. The SMILES string of the molecule is CCOc1cc2c3cc(c(OC)cc3n1)C=CC[C@@H]1CCCC[C@H]1OC(=O)N[C@@H](C(C)(C)C)C(=O)C1C[C@@H](C[C@H]1C(=O)N[C@]1(C(=O)NS(=O)(=O)C3CC3)C[C@H]1CC)O2. The van der Waals surface area contributed by atoms with E-state index in [1.807, 2.05) is 52.8 Å². The molecule has 15 heteroatoms. The molecule has 4 bridgehead atoms. The second-order valence-corrected chi connectivity index (χ2v) is 19.8. The zero-order valence-electron chi connectivity index (χ0n) is 34.4. The Morgan fingerprint density at radius 1 is 1.03 bits per heavy atom. The van der Waals surface area contributed by atoms with E-state index >= 15 is 0 Å². The number of Topliss-reactive ketones (excluding diaryl/α,β-unsaturated/α-hetero) is 1. The molecule has 3 amide bonds. The molecule has 1 aromatic heterocycles. The molecule has 5 aliphatic rings. The number of ketones is 1. The number of hydrogen-bond donors (Lipinski definition) is 3. The van der Waals surface area contributed by atoms with Crippen LogP contribution in [0.4, 0.5) is 4.79 Å². The van der Waals surface area contributed by atoms with Gasteiger partial charge in [-0.2, -0.15) is 0 Å². The number of pyridine rings is 1. The first-order chi connectivity index (χ1) is 27.6. The highest BCUT2D eigenvalue weighted by atomic mass is 32.2. The third-order valence-corrected chi connectivity index (χ3v) is 14.5. The average Bonchev–Trinajstić information content (AvgIpc) is 4.10. The number of allylic oxidation sites excluding steroid dienone is 1. The predicted molar refractivity (Wildman–Crippen MR) is 217 cm³/mol. The van der Waals surface area contributed by atoms with Gasteiger partial charge in [0, 0.05) is 29.0 Å². The molecule has 1 unspecified atom stereocenters. The van der Waals surface area contributed by atoms with Crippen molar-refractivity contribution in [2.45, 2.75) is 134 Å². The lowest BCUT2D eigenvalue weighted by atomic mass is 9.77. The van der Waals surface area contributed by atoms with Crippen LogP contribution in [0, 0.1) is 29.1 Å². The zero-order valence-corrected chi connectivity index (χ0v) is 35.2. The number of aromatic nitrogens is 1. The normalized spacial score (nSPS) is 30.2. The number of hydrogen-bond acceptors (Lipinski definition) is 11. The molecular weight excluding hydrogens is 765 g/mol. The molecule has 1 aromatic carbocycles. The lowest BCUT2D eigenvalue weighted by Crippen LogP contribution is -2.56. The van der Waals surface area contributed by atoms with Crippen LogP contribution in [0.1, 0.15) is 111 Å². The van der Waals surface area contributed by atoms with Gasteiger partial charge in [-0.25, -0.2) is 18.2 Å². The molecule has 14 nitrogen and oxygen atoms in total. The van der Waals surface area contributed by atoms with Gasteiger partial charge in [0.1, 0.15) is 29.2 Å². The lowest BCUT2D eigenvalue weighted by Gasteiger charge is -2.35. The number of rotatable bonds is 9. The Balaban J connectivity index is 1.28. The zero-order chi connectivity index (χ0) is 41.6. The lowest BCUT2D eigenvalue weighted by molar-refractivity contribution is -0.137. The molecule has 2 heterocycles. The summed E-state index contributed by atoms with van der Waals surface area (Å²) in [7, 11) is -2.28. The number of carbonyl (C=O) groups is 4. The van der Waals surface area contributed by atoms with Gasteiger partial charge in [-0.3, -0.25) is 19.1 Å². The fraction of sp³-hybridized carbons (Fsp3) is 0.651. The Morgan fingerprint density at radius 3 is 2.47 bits per heavy atom. The number of sulfonamides is 1. The molecule has 4 aliphatic carbocycles. The standard InChI is InChI=1S/C43H58N4O10S/c1-7-26-23-43(26,40(50)47-58(52,53)28-16-17-28)46-39(49)30-20-27-19-29(30)37(48)38(42(3,4)5)45-41(51)57-33-15-10-9-12-24(33)13-11-14-25-18-31-32(21-34(25)54-6)44-36(55-8-2)22-35(31)56-27/h11,14,18,21-22,24,26-30,33,38H,7-10,12-13,15-17,19-20,23H2,1-6H3,(H,45,51)(H,46,49)(H,47,50)/t24-,26+,27-,29?,30+,33+,38+,43+/m0/s1. The Bertz CT molecular complexity index is 2080. The van der Waals surface area contributed by atoms with Crippen molar-refractivity contribution in [2.24, 2.45) is 29.1 Å². The van der Waals surface area contributed by atoms with E-state index in [-0.39, 0.29) is 43.0 Å². The number of ether oxygens (including phenoxy) is 4. The molecule has 0 saturated heterocycles. The number of carbonyl (C=O) groups excluding carboxylic acids is 4. The predicted octanol–water partition coefficient (Wildman–Crippen LogP) is 5.99. The smallest absolute Gasteiger partial charge is 0.408 e. The van der Waals surface area contributed by atoms with Crippen molar-refractivity contribution in [1.29, 1.82) is 0 Å². The minimum absolute atomic E-state index is 0.0704. The Kier molecular flexibility index (Phi) is 11.8. The van der Waals surface area contributed by atoms with Crippen molar-refractivity contribution in [3.05, 3.63) is 29.8 Å². The van der Waals surface area contributed by atoms with Crippen molar-refractivity contribution in [1.82, 2.24) is 20.3 Å². The Hall–Kier alpha value is -4.40. The third-order valence-electron chi connectivity index (χ3n) is 12.7. The highest BCUT2D eigenvalue weighted by Gasteiger charge is 2.62. The maximum absolute atomic E-state index is 14.9. The largest absolute Gasteiger partial charge is 0.496 e. The van der Waals surface area contributed by atoms with Crippen molar-refractivity contribution in [2.75, 3.05) is 13.7 Å². The van der Waals surface area contributed by atoms with Crippen LogP contribution >= 0.6 is 0 Å². The summed E-state index contributed by atoms with van der Waals surface area (Å²) < 4.78 is 52.4. The maximum Gasteiger partial charge on any atom is 0.408 e. The molecule has 1 aliphatic heterocycles. The summed E-state index contributed by atoms with van der Waals surface area (Å²) >= 11 is 0. The molecule has 3 N–H and O–H groups in total. The van der Waals surface area contributed by atoms with Crippen molar-refractivity contribution >= 4 is 50.7 Å². The minimum atomic E-state index is -3.87. The van der Waals surface area contributed by atoms with Crippen molar-refractivity contribution in [3.8, 4) is 17.4 Å². The molecule has 8 atom stereocenters. The quantitative estimate of drug-likeness (QED) is 0.269. The second kappa shape index (κ2) is 16.3. The summed E-state index contributed by atoms with van der Waals surface area (Å²) in [6.45, 7) is 9.67. The first kappa shape index (κ1) is 41.7. The van der Waals surface area contributed by atoms with E-state index < -0.39 is 68.1 Å². The topological polar surface area (TPSA) is 188 Å². The summed E-state index contributed by atoms with van der Waals surface area (Å²) in [6.07, 6.45) is 8.58. The molecule has 0 spiro atoms. The molecule has 4 fully saturated rings. The van der Waals surface area contributed by atoms with Crippen molar-refractivity contribution in [3.63, 3.8) is 0 Å². The van der Waals surface area contributed by atoms with Crippen molar-refractivity contribution < 1.29 is 46.5 Å². The number of fused-ring (bicyclic) bond motifs is 4. The first-order valence-corrected chi connectivity index (χ1v) is 22.5. The van der Waals surface area contributed by atoms with Gasteiger partial charge in [-0.1, -0.05) is 52.7 Å². The highest BCUT2D eigenvalue weighted by molar-refractivity contribution is 7.91. The van der Waals surface area contributed by atoms with Crippen LogP contribution in [0.15, 0.2) is 24.3 Å². The third kappa shape index (κ3) is 8.65. The molecule has 2 aromatic rings. The fourth-order valence-electron chi connectivity index (χ4n) is 9.21. The van der Waals surface area contributed by atoms with Crippen LogP contribution in [-0.2, 0) is 29.1 Å². The van der Waals surface area contributed by atoms with Gasteiger partial charge < -0.3 is 29.6 Å². The van der Waals surface area contributed by atoms with E-state index in [2.05, 4.69) is 21.4 Å². The van der Waals surface area contributed by atoms with Gasteiger partial charge in [0.15, 0.2) is 5.78 Å². The summed E-state index contributed by atoms with van der Waals surface area (Å²) in [6, 6.07) is 4.47. The molecule has 7 rings (SSSR count). The molecular formula is C43H58N4O10S. The van der Waals surface area contributed by atoms with Crippen LogP contribution < -0.4 is 29.6 Å². The number of nitrogens with zero attached hydrogens (tertiary/aromatic N) is 1. The average molecular weight is 823 g/mol. The monoisotopic (exact) mass is 822 g/mol. The van der Waals surface area contributed by atoms with Crippen LogP contribution in [0.25, 0.3) is 17.0 Å². The van der Waals surface area contributed by atoms with Gasteiger partial charge in [0.05, 0.1) is 36.4 Å². The number of alkyl carbamates (subject to hydrolysis) is 1. The molecule has 316 valence electrons. The van der Waals surface area contributed by atoms with E-state index in [4.69, 9.17) is 23.9 Å². The van der Waals surface area contributed by atoms with Gasteiger partial charge in [0.25, 0.3) is 5.91 Å². The maximum atomic E-state index is 14.9. The number of amides is 3. The molecule has 0 radical (unpaired) electrons. The van der Waals surface area contributed by atoms with E-state index in [0.717, 1.165) is 24.8 Å². The second-order valence-electron chi connectivity index (χ2n) is 17.8. The number of nitrogens with one attached hydrogen (secondary N) is 3. The van der Waals surface area contributed by atoms with E-state index in [1.54, 1.807) is 13.2 Å². The van der Waals surface area contributed by atoms with Crippen LogP contribution in [-0.4, -0.2) is 79.8 Å². The van der Waals surface area contributed by atoms with Gasteiger partial charge >= 0.3 is 6.09 Å². The number of benzene rings is 1. The summed E-state index contributed by atoms with van der Waals surface area (Å²) in [5, 5.41) is 5.92. The fourth-order valence-corrected chi connectivity index (χ4v) is 10.6. The Morgan fingerprint density at radius 2 is 1.79 bits per heavy atom. The minimum Gasteiger partial charge on any atom is -0.496 e. The van der Waals surface area contributed by atoms with Gasteiger partial charge in [-0.15, -0.1) is 0 Å². The molecule has 4 saturated carbocycles. The van der Waals surface area contributed by atoms with E-state index in [1.165, 1.54) is 0 Å². The number of methoxy groups -OCH3 is 1. The highest BCUT2D eigenvalue weighted by Crippen LogP contribution is 2.48. The molecule has 58 heavy (non-hydrogen) atoms. The summed E-state index contributed by atoms with van der Waals surface area (Å²) in [5.41, 5.74) is -0.818. The van der Waals surface area contributed by atoms with Gasteiger partial charge in [-0.05, 0) is 88.0 Å². The van der Waals surface area contributed by atoms with Crippen LogP contribution in [0.3, 0.4) is 0 Å². The Labute approximate surface area is 341 Å². The van der Waals surface area contributed by atoms with E-state index in [0.29, 0.717) is 67.0 Å².